The maximum absolute atomic E-state index is 9.23. The molecule has 0 aromatic heterocycles. The molecule has 0 aliphatic carbocycles. The molecular formula is C15H26O2. The van der Waals surface area contributed by atoms with Crippen LogP contribution in [0.15, 0.2) is 24.3 Å². The third kappa shape index (κ3) is 5.73. The third-order valence-corrected chi connectivity index (χ3v) is 2.84. The van der Waals surface area contributed by atoms with Gasteiger partial charge in [-0.1, -0.05) is 45.4 Å². The van der Waals surface area contributed by atoms with E-state index in [1.54, 1.807) is 0 Å². The van der Waals surface area contributed by atoms with Gasteiger partial charge in [0.2, 0.25) is 0 Å². The fourth-order valence-corrected chi connectivity index (χ4v) is 1.15. The van der Waals surface area contributed by atoms with Crippen LogP contribution in [-0.4, -0.2) is 18.3 Å². The highest BCUT2D eigenvalue weighted by Gasteiger charge is 2.21. The highest BCUT2D eigenvalue weighted by molar-refractivity contribution is 5.26. The van der Waals surface area contributed by atoms with E-state index in [4.69, 9.17) is 4.74 Å². The van der Waals surface area contributed by atoms with Crippen molar-refractivity contribution in [3.63, 3.8) is 0 Å². The van der Waals surface area contributed by atoms with E-state index in [2.05, 4.69) is 6.92 Å². The Labute approximate surface area is 106 Å². The molecule has 0 saturated carbocycles. The minimum atomic E-state index is -0.134. The fourth-order valence-electron chi connectivity index (χ4n) is 1.15. The van der Waals surface area contributed by atoms with Gasteiger partial charge in [-0.3, -0.25) is 0 Å². The minimum absolute atomic E-state index is 0.134. The molecule has 0 heterocycles. The Morgan fingerprint density at radius 1 is 1.18 bits per heavy atom. The predicted octanol–water partition coefficient (Wildman–Crippen LogP) is 3.81. The fraction of sp³-hybridized carbons (Fsp3) is 0.600. The number of hydrogen-bond acceptors (Lipinski definition) is 2. The van der Waals surface area contributed by atoms with Crippen molar-refractivity contribution in [1.82, 2.24) is 0 Å². The Bertz CT molecular complexity index is 286. The van der Waals surface area contributed by atoms with E-state index in [0.717, 1.165) is 12.2 Å². The summed E-state index contributed by atoms with van der Waals surface area (Å²) in [6.45, 7) is 10.9. The second-order valence-corrected chi connectivity index (χ2v) is 4.42. The van der Waals surface area contributed by atoms with Gasteiger partial charge in [-0.05, 0) is 25.5 Å². The van der Waals surface area contributed by atoms with Gasteiger partial charge in [-0.25, -0.2) is 0 Å². The average molecular weight is 238 g/mol. The molecule has 0 aliphatic rings. The van der Waals surface area contributed by atoms with E-state index in [9.17, 15) is 5.11 Å². The van der Waals surface area contributed by atoms with Gasteiger partial charge in [-0.2, -0.15) is 0 Å². The second-order valence-electron chi connectivity index (χ2n) is 4.42. The lowest BCUT2D eigenvalue weighted by Gasteiger charge is -2.25. The quantitative estimate of drug-likeness (QED) is 0.845. The lowest BCUT2D eigenvalue weighted by molar-refractivity contribution is 0.0784. The number of rotatable bonds is 5. The van der Waals surface area contributed by atoms with Crippen LogP contribution in [0.2, 0.25) is 0 Å². The monoisotopic (exact) mass is 238 g/mol. The molecule has 98 valence electrons. The maximum Gasteiger partial charge on any atom is 0.119 e. The molecule has 1 unspecified atom stereocenters. The van der Waals surface area contributed by atoms with E-state index < -0.39 is 0 Å². The number of benzene rings is 1. The zero-order valence-electron chi connectivity index (χ0n) is 11.8. The van der Waals surface area contributed by atoms with E-state index in [0.29, 0.717) is 6.61 Å². The number of aliphatic hydroxyl groups is 1. The van der Waals surface area contributed by atoms with E-state index in [1.165, 1.54) is 5.56 Å². The first-order chi connectivity index (χ1) is 8.09. The molecule has 0 radical (unpaired) electrons. The van der Waals surface area contributed by atoms with Crippen molar-refractivity contribution in [1.29, 1.82) is 0 Å². The first kappa shape index (κ1) is 16.0. The van der Waals surface area contributed by atoms with Crippen molar-refractivity contribution in [3.05, 3.63) is 29.8 Å². The summed E-state index contributed by atoms with van der Waals surface area (Å²) in [7, 11) is 0. The molecule has 1 atom stereocenters. The summed E-state index contributed by atoms with van der Waals surface area (Å²) in [5.74, 6) is 0.869. The first-order valence-electron chi connectivity index (χ1n) is 6.40. The normalized spacial score (nSPS) is 13.3. The van der Waals surface area contributed by atoms with Crippen molar-refractivity contribution in [2.75, 3.05) is 13.2 Å². The smallest absolute Gasteiger partial charge is 0.119 e. The van der Waals surface area contributed by atoms with Gasteiger partial charge in [0.25, 0.3) is 0 Å². The van der Waals surface area contributed by atoms with Crippen LogP contribution in [0.4, 0.5) is 0 Å². The van der Waals surface area contributed by atoms with Crippen LogP contribution in [0.25, 0.3) is 0 Å². The van der Waals surface area contributed by atoms with Gasteiger partial charge in [0.15, 0.2) is 0 Å². The van der Waals surface area contributed by atoms with Gasteiger partial charge >= 0.3 is 0 Å². The molecule has 1 rings (SSSR count). The summed E-state index contributed by atoms with van der Waals surface area (Å²) in [6.07, 6.45) is 0.912. The van der Waals surface area contributed by atoms with Gasteiger partial charge in [0, 0.05) is 5.41 Å². The SMILES string of the molecule is CC.CCC(C)(CO)COc1ccc(C)cc1. The van der Waals surface area contributed by atoms with Crippen LogP contribution in [0, 0.1) is 12.3 Å². The Hall–Kier alpha value is -1.02. The summed E-state index contributed by atoms with van der Waals surface area (Å²) in [5.41, 5.74) is 1.09. The van der Waals surface area contributed by atoms with Crippen LogP contribution in [0.1, 0.15) is 39.7 Å². The van der Waals surface area contributed by atoms with Crippen molar-refractivity contribution in [2.24, 2.45) is 5.41 Å². The highest BCUT2D eigenvalue weighted by atomic mass is 16.5. The molecule has 0 fully saturated rings. The molecule has 2 nitrogen and oxygen atoms in total. The second kappa shape index (κ2) is 8.13. The molecule has 2 heteroatoms. The van der Waals surface area contributed by atoms with Crippen molar-refractivity contribution in [3.8, 4) is 5.75 Å². The molecule has 0 bridgehead atoms. The number of hydrogen-bond donors (Lipinski definition) is 1. The molecule has 17 heavy (non-hydrogen) atoms. The van der Waals surface area contributed by atoms with Crippen molar-refractivity contribution in [2.45, 2.75) is 41.0 Å². The van der Waals surface area contributed by atoms with Crippen LogP contribution in [0.3, 0.4) is 0 Å². The third-order valence-electron chi connectivity index (χ3n) is 2.84. The zero-order chi connectivity index (χ0) is 13.3. The Morgan fingerprint density at radius 2 is 1.71 bits per heavy atom. The Balaban J connectivity index is 0.00000121. The topological polar surface area (TPSA) is 29.5 Å². The predicted molar refractivity (Wildman–Crippen MR) is 73.5 cm³/mol. The molecule has 1 aromatic rings. The van der Waals surface area contributed by atoms with E-state index in [1.807, 2.05) is 52.0 Å². The van der Waals surface area contributed by atoms with Crippen LogP contribution >= 0.6 is 0 Å². The summed E-state index contributed by atoms with van der Waals surface area (Å²) < 4.78 is 5.65. The maximum atomic E-state index is 9.23. The molecule has 0 saturated heterocycles. The number of aryl methyl sites for hydroxylation is 1. The van der Waals surface area contributed by atoms with Crippen LogP contribution < -0.4 is 4.74 Å². The summed E-state index contributed by atoms with van der Waals surface area (Å²) in [6, 6.07) is 7.97. The molecule has 1 aromatic carbocycles. The summed E-state index contributed by atoms with van der Waals surface area (Å²) in [5, 5.41) is 9.23. The van der Waals surface area contributed by atoms with Crippen molar-refractivity contribution >= 4 is 0 Å². The lowest BCUT2D eigenvalue weighted by atomic mass is 9.90. The number of ether oxygens (including phenoxy) is 1. The summed E-state index contributed by atoms with van der Waals surface area (Å²) in [4.78, 5) is 0. The molecule has 0 aliphatic heterocycles. The van der Waals surface area contributed by atoms with Crippen LogP contribution in [-0.2, 0) is 0 Å². The molecule has 1 N–H and O–H groups in total. The largest absolute Gasteiger partial charge is 0.493 e. The average Bonchev–Trinajstić information content (AvgIpc) is 2.40. The summed E-state index contributed by atoms with van der Waals surface area (Å²) >= 11 is 0. The van der Waals surface area contributed by atoms with Gasteiger partial charge in [0.1, 0.15) is 5.75 Å². The Morgan fingerprint density at radius 3 is 2.12 bits per heavy atom. The van der Waals surface area contributed by atoms with Crippen molar-refractivity contribution < 1.29 is 9.84 Å². The minimum Gasteiger partial charge on any atom is -0.493 e. The molecular weight excluding hydrogens is 212 g/mol. The van der Waals surface area contributed by atoms with Gasteiger partial charge in [-0.15, -0.1) is 0 Å². The zero-order valence-corrected chi connectivity index (χ0v) is 11.8. The first-order valence-corrected chi connectivity index (χ1v) is 6.40. The van der Waals surface area contributed by atoms with Gasteiger partial charge in [0.05, 0.1) is 13.2 Å². The highest BCUT2D eigenvalue weighted by Crippen LogP contribution is 2.22. The molecule has 0 spiro atoms. The van der Waals surface area contributed by atoms with E-state index >= 15 is 0 Å². The lowest BCUT2D eigenvalue weighted by Crippen LogP contribution is -2.28. The number of aliphatic hydroxyl groups excluding tert-OH is 1. The molecule has 0 amide bonds. The van der Waals surface area contributed by atoms with E-state index in [-0.39, 0.29) is 12.0 Å². The van der Waals surface area contributed by atoms with Gasteiger partial charge < -0.3 is 9.84 Å². The van der Waals surface area contributed by atoms with Crippen LogP contribution in [0.5, 0.6) is 5.75 Å². The Kier molecular flexibility index (Phi) is 7.64. The standard InChI is InChI=1S/C13H20O2.C2H6/c1-4-13(3,9-14)10-15-12-7-5-11(2)6-8-12;1-2/h5-8,14H,4,9-10H2,1-3H3;1-2H3.